The molecule has 9 nitrogen and oxygen atoms in total. The summed E-state index contributed by atoms with van der Waals surface area (Å²) in [5.41, 5.74) is 0.753. The van der Waals surface area contributed by atoms with Crippen LogP contribution in [-0.4, -0.2) is 48.3 Å². The molecule has 12 heteroatoms. The van der Waals surface area contributed by atoms with Crippen LogP contribution in [0.2, 0.25) is 5.02 Å². The number of nitrogens with zero attached hydrogens (tertiary/aromatic N) is 3. The van der Waals surface area contributed by atoms with E-state index < -0.39 is 15.8 Å². The number of sulfonamides is 1. The summed E-state index contributed by atoms with van der Waals surface area (Å²) in [6, 6.07) is 7.96. The molecule has 1 fully saturated rings. The minimum Gasteiger partial charge on any atom is -0.434 e. The summed E-state index contributed by atoms with van der Waals surface area (Å²) in [7, 11) is -3.71. The van der Waals surface area contributed by atoms with E-state index in [1.807, 2.05) is 0 Å². The van der Waals surface area contributed by atoms with E-state index in [4.69, 9.17) is 16.3 Å². The van der Waals surface area contributed by atoms with Crippen LogP contribution in [0.25, 0.3) is 11.3 Å². The number of halogens is 2. The molecule has 2 aromatic heterocycles. The van der Waals surface area contributed by atoms with Crippen molar-refractivity contribution in [2.24, 2.45) is 0 Å². The standard InChI is InChI=1S/C23H26ClFN6O3S/c1-2-13-35(32,33)31-19-8-7-17(24)21(20(19)25)34-22-16(6-4-11-27-22)18-9-12-28-23(30-18)29-15-5-3-10-26-14-15/h4,6-9,11-12,15,26,31H,2-3,5,10,13-14H2,1H3,(H,28,29,30). The Morgan fingerprint density at radius 2 is 2.09 bits per heavy atom. The number of hydrogen-bond acceptors (Lipinski definition) is 8. The molecule has 0 saturated carbocycles. The van der Waals surface area contributed by atoms with Crippen molar-refractivity contribution >= 4 is 33.3 Å². The topological polar surface area (TPSA) is 118 Å². The molecule has 0 aliphatic carbocycles. The number of hydrogen-bond donors (Lipinski definition) is 3. The number of anilines is 2. The van der Waals surface area contributed by atoms with Crippen LogP contribution in [0.3, 0.4) is 0 Å². The van der Waals surface area contributed by atoms with E-state index in [0.29, 0.717) is 23.6 Å². The Hall–Kier alpha value is -3.02. The van der Waals surface area contributed by atoms with Crippen molar-refractivity contribution in [3.05, 3.63) is 53.6 Å². The minimum atomic E-state index is -3.71. The third kappa shape index (κ3) is 6.36. The van der Waals surface area contributed by atoms with Crippen LogP contribution in [0.1, 0.15) is 26.2 Å². The third-order valence-corrected chi connectivity index (χ3v) is 7.09. The van der Waals surface area contributed by atoms with Crippen LogP contribution >= 0.6 is 11.6 Å². The lowest BCUT2D eigenvalue weighted by molar-refractivity contribution is 0.430. The van der Waals surface area contributed by atoms with Crippen molar-refractivity contribution in [3.63, 3.8) is 0 Å². The summed E-state index contributed by atoms with van der Waals surface area (Å²) in [5, 5.41) is 6.63. The summed E-state index contributed by atoms with van der Waals surface area (Å²) in [5.74, 6) is -0.905. The van der Waals surface area contributed by atoms with Gasteiger partial charge in [0.05, 0.1) is 27.7 Å². The Morgan fingerprint density at radius 1 is 1.23 bits per heavy atom. The van der Waals surface area contributed by atoms with Gasteiger partial charge in [-0.1, -0.05) is 18.5 Å². The monoisotopic (exact) mass is 520 g/mol. The lowest BCUT2D eigenvalue weighted by atomic mass is 10.1. The molecule has 0 bridgehead atoms. The maximum Gasteiger partial charge on any atom is 0.232 e. The van der Waals surface area contributed by atoms with E-state index in [2.05, 4.69) is 30.3 Å². The van der Waals surface area contributed by atoms with Crippen molar-refractivity contribution in [3.8, 4) is 22.9 Å². The molecule has 1 unspecified atom stereocenters. The Morgan fingerprint density at radius 3 is 2.86 bits per heavy atom. The Labute approximate surface area is 208 Å². The van der Waals surface area contributed by atoms with Gasteiger partial charge in [0.25, 0.3) is 0 Å². The van der Waals surface area contributed by atoms with Crippen molar-refractivity contribution < 1.29 is 17.5 Å². The zero-order chi connectivity index (χ0) is 24.8. The van der Waals surface area contributed by atoms with E-state index in [1.54, 1.807) is 31.3 Å². The van der Waals surface area contributed by atoms with Crippen molar-refractivity contribution in [2.75, 3.05) is 28.9 Å². The van der Waals surface area contributed by atoms with E-state index >= 15 is 4.39 Å². The van der Waals surface area contributed by atoms with E-state index in [-0.39, 0.29) is 34.1 Å². The molecule has 0 radical (unpaired) electrons. The van der Waals surface area contributed by atoms with Gasteiger partial charge in [0.15, 0.2) is 11.6 Å². The minimum absolute atomic E-state index is 0.0348. The predicted molar refractivity (Wildman–Crippen MR) is 134 cm³/mol. The quantitative estimate of drug-likeness (QED) is 0.379. The molecule has 1 aliphatic rings. The highest BCUT2D eigenvalue weighted by molar-refractivity contribution is 7.92. The summed E-state index contributed by atoms with van der Waals surface area (Å²) in [6.45, 7) is 3.54. The molecule has 0 amide bonds. The SMILES string of the molecule is CCCS(=O)(=O)Nc1ccc(Cl)c(Oc2ncccc2-c2ccnc(NC3CCCNC3)n2)c1F. The number of piperidine rings is 1. The summed E-state index contributed by atoms with van der Waals surface area (Å²) in [6.07, 6.45) is 5.58. The first-order valence-corrected chi connectivity index (χ1v) is 13.3. The van der Waals surface area contributed by atoms with Crippen LogP contribution in [0.15, 0.2) is 42.7 Å². The van der Waals surface area contributed by atoms with Gasteiger partial charge in [-0.05, 0) is 56.1 Å². The largest absolute Gasteiger partial charge is 0.434 e. The first-order valence-electron chi connectivity index (χ1n) is 11.3. The zero-order valence-corrected chi connectivity index (χ0v) is 20.7. The fourth-order valence-electron chi connectivity index (χ4n) is 3.69. The highest BCUT2D eigenvalue weighted by atomic mass is 35.5. The molecule has 4 rings (SSSR count). The average molecular weight is 521 g/mol. The molecule has 3 N–H and O–H groups in total. The Kier molecular flexibility index (Phi) is 7.99. The van der Waals surface area contributed by atoms with Gasteiger partial charge >= 0.3 is 0 Å². The maximum absolute atomic E-state index is 15.2. The van der Waals surface area contributed by atoms with Gasteiger partial charge in [0.2, 0.25) is 21.9 Å². The predicted octanol–water partition coefficient (Wildman–Crippen LogP) is 4.44. The summed E-state index contributed by atoms with van der Waals surface area (Å²) >= 11 is 6.20. The van der Waals surface area contributed by atoms with Gasteiger partial charge in [-0.15, -0.1) is 0 Å². The van der Waals surface area contributed by atoms with Crippen molar-refractivity contribution in [1.82, 2.24) is 20.3 Å². The van der Waals surface area contributed by atoms with Crippen molar-refractivity contribution in [1.29, 1.82) is 0 Å². The number of rotatable bonds is 9. The fourth-order valence-corrected chi connectivity index (χ4v) is 5.01. The van der Waals surface area contributed by atoms with Gasteiger partial charge in [-0.2, -0.15) is 0 Å². The molecular weight excluding hydrogens is 495 g/mol. The molecule has 1 atom stereocenters. The lowest BCUT2D eigenvalue weighted by Crippen LogP contribution is -2.38. The number of benzene rings is 1. The van der Waals surface area contributed by atoms with Gasteiger partial charge in [-0.3, -0.25) is 4.72 Å². The Bertz CT molecular complexity index is 1290. The highest BCUT2D eigenvalue weighted by Gasteiger charge is 2.21. The van der Waals surface area contributed by atoms with Crippen LogP contribution in [-0.2, 0) is 10.0 Å². The number of pyridine rings is 1. The maximum atomic E-state index is 15.2. The van der Waals surface area contributed by atoms with Crippen molar-refractivity contribution in [2.45, 2.75) is 32.2 Å². The van der Waals surface area contributed by atoms with Gasteiger partial charge in [0, 0.05) is 25.0 Å². The van der Waals surface area contributed by atoms with Crippen LogP contribution in [0.4, 0.5) is 16.0 Å². The first-order chi connectivity index (χ1) is 16.9. The molecule has 186 valence electrons. The van der Waals surface area contributed by atoms with E-state index in [0.717, 1.165) is 25.9 Å². The van der Waals surface area contributed by atoms with Gasteiger partial charge < -0.3 is 15.4 Å². The van der Waals surface area contributed by atoms with E-state index in [1.165, 1.54) is 18.3 Å². The molecule has 1 aliphatic heterocycles. The van der Waals surface area contributed by atoms with Gasteiger partial charge in [0.1, 0.15) is 0 Å². The average Bonchev–Trinajstić information content (AvgIpc) is 2.84. The van der Waals surface area contributed by atoms with E-state index in [9.17, 15) is 8.42 Å². The third-order valence-electron chi connectivity index (χ3n) is 5.32. The molecule has 3 aromatic rings. The van der Waals surface area contributed by atoms with Gasteiger partial charge in [-0.25, -0.2) is 27.8 Å². The second-order valence-corrected chi connectivity index (χ2v) is 10.3. The Balaban J connectivity index is 1.62. The second-order valence-electron chi connectivity index (χ2n) is 8.07. The van der Waals surface area contributed by atoms with Crippen LogP contribution in [0, 0.1) is 5.82 Å². The molecular formula is C23H26ClFN6O3S. The highest BCUT2D eigenvalue weighted by Crippen LogP contribution is 2.38. The van der Waals surface area contributed by atoms with Crippen LogP contribution < -0.4 is 20.1 Å². The molecule has 1 aromatic carbocycles. The zero-order valence-electron chi connectivity index (χ0n) is 19.1. The lowest BCUT2D eigenvalue weighted by Gasteiger charge is -2.23. The summed E-state index contributed by atoms with van der Waals surface area (Å²) in [4.78, 5) is 13.1. The number of aromatic nitrogens is 3. The smallest absolute Gasteiger partial charge is 0.232 e. The first kappa shape index (κ1) is 25.1. The molecule has 35 heavy (non-hydrogen) atoms. The normalized spacial score (nSPS) is 16.0. The molecule has 3 heterocycles. The fraction of sp³-hybridized carbons (Fsp3) is 0.348. The second kappa shape index (κ2) is 11.1. The molecule has 1 saturated heterocycles. The molecule has 0 spiro atoms. The summed E-state index contributed by atoms with van der Waals surface area (Å²) < 4.78 is 47.5. The van der Waals surface area contributed by atoms with Crippen LogP contribution in [0.5, 0.6) is 11.6 Å². The number of nitrogens with one attached hydrogen (secondary N) is 3. The number of ether oxygens (including phenoxy) is 1.